The van der Waals surface area contributed by atoms with E-state index >= 15 is 0 Å². The highest BCUT2D eigenvalue weighted by atomic mass is 16.1. The van der Waals surface area contributed by atoms with Gasteiger partial charge in [0, 0.05) is 23.3 Å². The molecular formula is C14H12N4O. The van der Waals surface area contributed by atoms with Gasteiger partial charge in [0.05, 0.1) is 6.42 Å². The highest BCUT2D eigenvalue weighted by molar-refractivity contribution is 5.94. The first-order valence-corrected chi connectivity index (χ1v) is 5.95. The molecule has 0 spiro atoms. The number of fused-ring (bicyclic) bond motifs is 1. The number of rotatable bonds is 3. The second-order valence-electron chi connectivity index (χ2n) is 4.19. The number of nitrogens with zero attached hydrogens (tertiary/aromatic N) is 2. The molecule has 19 heavy (non-hydrogen) atoms. The molecule has 0 atom stereocenters. The fourth-order valence-corrected chi connectivity index (χ4v) is 2.03. The second kappa shape index (κ2) is 4.89. The standard InChI is InChI=1S/C14H12N4O/c19-14(17-13-5-2-7-16-18-13)9-10-3-1-4-12-11(10)6-8-15-12/h1-8,15H,9H2,(H,17,18,19). The zero-order chi connectivity index (χ0) is 13.1. The number of amides is 1. The minimum absolute atomic E-state index is 0.103. The van der Waals surface area contributed by atoms with Crippen molar-refractivity contribution in [3.63, 3.8) is 0 Å². The predicted octanol–water partition coefficient (Wildman–Crippen LogP) is 2.14. The van der Waals surface area contributed by atoms with Crippen LogP contribution in [0.3, 0.4) is 0 Å². The third kappa shape index (κ3) is 2.44. The normalized spacial score (nSPS) is 10.5. The zero-order valence-corrected chi connectivity index (χ0v) is 10.1. The first-order chi connectivity index (χ1) is 9.33. The van der Waals surface area contributed by atoms with Crippen LogP contribution in [0.25, 0.3) is 10.9 Å². The number of carbonyl (C=O) groups is 1. The van der Waals surface area contributed by atoms with Gasteiger partial charge in [0.25, 0.3) is 0 Å². The molecule has 0 aliphatic rings. The van der Waals surface area contributed by atoms with Crippen molar-refractivity contribution < 1.29 is 4.79 Å². The fraction of sp³-hybridized carbons (Fsp3) is 0.0714. The lowest BCUT2D eigenvalue weighted by atomic mass is 10.1. The highest BCUT2D eigenvalue weighted by Gasteiger charge is 2.08. The molecule has 3 rings (SSSR count). The summed E-state index contributed by atoms with van der Waals surface area (Å²) in [6.45, 7) is 0. The molecule has 1 aromatic carbocycles. The van der Waals surface area contributed by atoms with Crippen molar-refractivity contribution in [1.82, 2.24) is 15.2 Å². The number of anilines is 1. The quantitative estimate of drug-likeness (QED) is 0.750. The van der Waals surface area contributed by atoms with Gasteiger partial charge in [-0.15, -0.1) is 5.10 Å². The van der Waals surface area contributed by atoms with Crippen molar-refractivity contribution >= 4 is 22.6 Å². The first-order valence-electron chi connectivity index (χ1n) is 5.95. The van der Waals surface area contributed by atoms with Crippen molar-refractivity contribution in [2.24, 2.45) is 0 Å². The number of aromatic nitrogens is 3. The van der Waals surface area contributed by atoms with Crippen molar-refractivity contribution in [1.29, 1.82) is 0 Å². The van der Waals surface area contributed by atoms with Crippen LogP contribution in [0.5, 0.6) is 0 Å². The monoisotopic (exact) mass is 252 g/mol. The summed E-state index contributed by atoms with van der Waals surface area (Å²) < 4.78 is 0. The van der Waals surface area contributed by atoms with E-state index in [0.717, 1.165) is 16.5 Å². The van der Waals surface area contributed by atoms with E-state index < -0.39 is 0 Å². The smallest absolute Gasteiger partial charge is 0.230 e. The molecule has 0 aliphatic heterocycles. The molecule has 0 unspecified atom stereocenters. The highest BCUT2D eigenvalue weighted by Crippen LogP contribution is 2.18. The van der Waals surface area contributed by atoms with Crippen molar-refractivity contribution in [3.8, 4) is 0 Å². The largest absolute Gasteiger partial charge is 0.361 e. The van der Waals surface area contributed by atoms with Crippen LogP contribution in [0.4, 0.5) is 5.82 Å². The van der Waals surface area contributed by atoms with Crippen LogP contribution in [0.2, 0.25) is 0 Å². The summed E-state index contributed by atoms with van der Waals surface area (Å²) in [6.07, 6.45) is 3.75. The number of hydrogen-bond acceptors (Lipinski definition) is 3. The topological polar surface area (TPSA) is 70.7 Å². The molecule has 5 nitrogen and oxygen atoms in total. The molecule has 1 amide bonds. The molecule has 3 aromatic rings. The molecule has 0 radical (unpaired) electrons. The van der Waals surface area contributed by atoms with Gasteiger partial charge >= 0.3 is 0 Å². The van der Waals surface area contributed by atoms with Crippen LogP contribution >= 0.6 is 0 Å². The zero-order valence-electron chi connectivity index (χ0n) is 10.1. The second-order valence-corrected chi connectivity index (χ2v) is 4.19. The predicted molar refractivity (Wildman–Crippen MR) is 72.7 cm³/mol. The van der Waals surface area contributed by atoms with E-state index in [1.165, 1.54) is 0 Å². The number of aromatic amines is 1. The lowest BCUT2D eigenvalue weighted by Gasteiger charge is -2.04. The van der Waals surface area contributed by atoms with Crippen LogP contribution in [0, 0.1) is 0 Å². The summed E-state index contributed by atoms with van der Waals surface area (Å²) in [5, 5.41) is 11.3. The van der Waals surface area contributed by atoms with Gasteiger partial charge in [-0.2, -0.15) is 5.10 Å². The van der Waals surface area contributed by atoms with E-state index in [1.807, 2.05) is 30.5 Å². The van der Waals surface area contributed by atoms with Gasteiger partial charge in [-0.3, -0.25) is 4.79 Å². The first kappa shape index (κ1) is 11.4. The SMILES string of the molecule is O=C(Cc1cccc2[nH]ccc12)Nc1cccnn1. The van der Waals surface area contributed by atoms with E-state index in [9.17, 15) is 4.79 Å². The van der Waals surface area contributed by atoms with Gasteiger partial charge in [0.2, 0.25) is 5.91 Å². The molecule has 0 saturated carbocycles. The van der Waals surface area contributed by atoms with Gasteiger partial charge < -0.3 is 10.3 Å². The van der Waals surface area contributed by atoms with Crippen molar-refractivity contribution in [2.75, 3.05) is 5.32 Å². The van der Waals surface area contributed by atoms with Crippen LogP contribution in [-0.4, -0.2) is 21.1 Å². The summed E-state index contributed by atoms with van der Waals surface area (Å²) in [5.41, 5.74) is 2.02. The Morgan fingerprint density at radius 2 is 2.16 bits per heavy atom. The average molecular weight is 252 g/mol. The van der Waals surface area contributed by atoms with E-state index in [2.05, 4.69) is 20.5 Å². The van der Waals surface area contributed by atoms with E-state index in [0.29, 0.717) is 12.2 Å². The Morgan fingerprint density at radius 1 is 1.21 bits per heavy atom. The maximum absolute atomic E-state index is 12.0. The lowest BCUT2D eigenvalue weighted by Crippen LogP contribution is -2.15. The Hall–Kier alpha value is -2.69. The Bertz CT molecular complexity index is 706. The maximum atomic E-state index is 12.0. The van der Waals surface area contributed by atoms with Crippen LogP contribution in [0.15, 0.2) is 48.8 Å². The minimum Gasteiger partial charge on any atom is -0.361 e. The summed E-state index contributed by atoms with van der Waals surface area (Å²) in [7, 11) is 0. The summed E-state index contributed by atoms with van der Waals surface area (Å²) in [4.78, 5) is 15.1. The number of H-pyrrole nitrogens is 1. The van der Waals surface area contributed by atoms with Gasteiger partial charge in [-0.25, -0.2) is 0 Å². The Kier molecular flexibility index (Phi) is 2.94. The van der Waals surface area contributed by atoms with Gasteiger partial charge in [-0.1, -0.05) is 12.1 Å². The Morgan fingerprint density at radius 3 is 3.00 bits per heavy atom. The van der Waals surface area contributed by atoms with Crippen LogP contribution in [0.1, 0.15) is 5.56 Å². The maximum Gasteiger partial charge on any atom is 0.230 e. The lowest BCUT2D eigenvalue weighted by molar-refractivity contribution is -0.115. The van der Waals surface area contributed by atoms with Gasteiger partial charge in [-0.05, 0) is 29.8 Å². The summed E-state index contributed by atoms with van der Waals surface area (Å²) in [6, 6.07) is 11.3. The summed E-state index contributed by atoms with van der Waals surface area (Å²) in [5.74, 6) is 0.364. The molecule has 94 valence electrons. The van der Waals surface area contributed by atoms with E-state index in [4.69, 9.17) is 0 Å². The molecule has 0 fully saturated rings. The molecule has 0 bridgehead atoms. The molecule has 0 saturated heterocycles. The van der Waals surface area contributed by atoms with Gasteiger partial charge in [0.1, 0.15) is 0 Å². The van der Waals surface area contributed by atoms with Crippen LogP contribution in [-0.2, 0) is 11.2 Å². The van der Waals surface area contributed by atoms with Gasteiger partial charge in [0.15, 0.2) is 5.82 Å². The third-order valence-corrected chi connectivity index (χ3v) is 2.88. The summed E-state index contributed by atoms with van der Waals surface area (Å²) >= 11 is 0. The number of nitrogens with one attached hydrogen (secondary N) is 2. The van der Waals surface area contributed by atoms with Crippen molar-refractivity contribution in [3.05, 3.63) is 54.4 Å². The number of carbonyl (C=O) groups excluding carboxylic acids is 1. The molecule has 2 aromatic heterocycles. The third-order valence-electron chi connectivity index (χ3n) is 2.88. The van der Waals surface area contributed by atoms with Crippen LogP contribution < -0.4 is 5.32 Å². The molecule has 2 N–H and O–H groups in total. The molecular weight excluding hydrogens is 240 g/mol. The number of hydrogen-bond donors (Lipinski definition) is 2. The average Bonchev–Trinajstić information content (AvgIpc) is 2.89. The fourth-order valence-electron chi connectivity index (χ4n) is 2.03. The molecule has 2 heterocycles. The van der Waals surface area contributed by atoms with E-state index in [-0.39, 0.29) is 5.91 Å². The van der Waals surface area contributed by atoms with Crippen molar-refractivity contribution in [2.45, 2.75) is 6.42 Å². The molecule has 0 aliphatic carbocycles. The van der Waals surface area contributed by atoms with E-state index in [1.54, 1.807) is 18.3 Å². The number of benzene rings is 1. The molecule has 5 heteroatoms. The Labute approximate surface area is 109 Å². The minimum atomic E-state index is -0.103. The Balaban J connectivity index is 1.78.